The quantitative estimate of drug-likeness (QED) is 0.497. The number of hydrogen-bond acceptors (Lipinski definition) is 7. The second-order valence-corrected chi connectivity index (χ2v) is 9.15. The van der Waals surface area contributed by atoms with Gasteiger partial charge in [-0.1, -0.05) is 12.1 Å². The predicted molar refractivity (Wildman–Crippen MR) is 96.6 cm³/mol. The smallest absolute Gasteiger partial charge is 0.319 e. The van der Waals surface area contributed by atoms with Crippen molar-refractivity contribution in [2.75, 3.05) is 26.0 Å². The molecule has 6 nitrogen and oxygen atoms in total. The average molecular weight is 389 g/mol. The van der Waals surface area contributed by atoms with Crippen LogP contribution in [-0.2, 0) is 32.6 Å². The lowest BCUT2D eigenvalue weighted by atomic mass is 10.4. The fourth-order valence-corrected chi connectivity index (χ4v) is 4.93. The number of methoxy groups -OCH3 is 1. The zero-order chi connectivity index (χ0) is 17.4. The number of sulfonamides is 1. The molecular weight excluding hydrogens is 368 g/mol. The lowest BCUT2D eigenvalue weighted by molar-refractivity contribution is -0.139. The molecule has 0 bridgehead atoms. The van der Waals surface area contributed by atoms with Crippen molar-refractivity contribution in [2.45, 2.75) is 13.1 Å². The molecule has 24 heavy (non-hydrogen) atoms. The molecule has 1 N–H and O–H groups in total. The summed E-state index contributed by atoms with van der Waals surface area (Å²) in [4.78, 5) is 13.0. The molecule has 0 spiro atoms. The number of carbonyl (C=O) groups is 1. The van der Waals surface area contributed by atoms with Crippen molar-refractivity contribution in [3.8, 4) is 0 Å². The van der Waals surface area contributed by atoms with Gasteiger partial charge in [-0.15, -0.1) is 22.7 Å². The minimum Gasteiger partial charge on any atom is -0.468 e. The molecule has 0 amide bonds. The van der Waals surface area contributed by atoms with Gasteiger partial charge in [-0.3, -0.25) is 4.79 Å². The molecule has 2 aromatic heterocycles. The Labute approximate surface area is 150 Å². The molecular formula is C15H20N2O4S3. The SMILES string of the molecule is COC(=O)CNCCS(=O)(=O)N(Cc1cccs1)Cc1cccs1. The first kappa shape index (κ1) is 19.1. The highest BCUT2D eigenvalue weighted by molar-refractivity contribution is 7.89. The Hall–Kier alpha value is -1.26. The molecule has 0 aliphatic rings. The van der Waals surface area contributed by atoms with Crippen LogP contribution >= 0.6 is 22.7 Å². The van der Waals surface area contributed by atoms with Gasteiger partial charge >= 0.3 is 5.97 Å². The van der Waals surface area contributed by atoms with E-state index in [1.165, 1.54) is 34.1 Å². The lowest BCUT2D eigenvalue weighted by Gasteiger charge is -2.21. The number of thiophene rings is 2. The Kier molecular flexibility index (Phi) is 7.38. The molecule has 2 aromatic rings. The number of hydrogen-bond donors (Lipinski definition) is 1. The van der Waals surface area contributed by atoms with Crippen LogP contribution in [0, 0.1) is 0 Å². The van der Waals surface area contributed by atoms with Crippen LogP contribution in [0.2, 0.25) is 0 Å². The summed E-state index contributed by atoms with van der Waals surface area (Å²) in [5.41, 5.74) is 0. The largest absolute Gasteiger partial charge is 0.468 e. The van der Waals surface area contributed by atoms with Crippen molar-refractivity contribution in [3.63, 3.8) is 0 Å². The van der Waals surface area contributed by atoms with Gasteiger partial charge in [-0.2, -0.15) is 4.31 Å². The third-order valence-corrected chi connectivity index (χ3v) is 6.74. The number of esters is 1. The highest BCUT2D eigenvalue weighted by Crippen LogP contribution is 2.20. The summed E-state index contributed by atoms with van der Waals surface area (Å²) in [5, 5.41) is 6.66. The lowest BCUT2D eigenvalue weighted by Crippen LogP contribution is -2.36. The van der Waals surface area contributed by atoms with Crippen molar-refractivity contribution in [2.24, 2.45) is 0 Å². The highest BCUT2D eigenvalue weighted by atomic mass is 32.2. The molecule has 2 heterocycles. The van der Waals surface area contributed by atoms with Crippen LogP contribution < -0.4 is 5.32 Å². The van der Waals surface area contributed by atoms with Gasteiger partial charge in [-0.05, 0) is 22.9 Å². The first-order chi connectivity index (χ1) is 11.5. The molecule has 0 aromatic carbocycles. The minimum atomic E-state index is -3.45. The summed E-state index contributed by atoms with van der Waals surface area (Å²) < 4.78 is 31.4. The molecule has 0 radical (unpaired) electrons. The molecule has 2 rings (SSSR count). The van der Waals surface area contributed by atoms with Gasteiger partial charge in [0, 0.05) is 29.4 Å². The standard InChI is InChI=1S/C15H20N2O4S3/c1-21-15(18)10-16-6-9-24(19,20)17(11-13-4-2-7-22-13)12-14-5-3-8-23-14/h2-5,7-8,16H,6,9-12H2,1H3. The maximum Gasteiger partial charge on any atom is 0.319 e. The summed E-state index contributed by atoms with van der Waals surface area (Å²) in [7, 11) is -2.15. The zero-order valence-corrected chi connectivity index (χ0v) is 15.8. The van der Waals surface area contributed by atoms with Crippen LogP contribution in [0.3, 0.4) is 0 Å². The van der Waals surface area contributed by atoms with Crippen molar-refractivity contribution in [3.05, 3.63) is 44.8 Å². The van der Waals surface area contributed by atoms with Crippen LogP contribution in [0.25, 0.3) is 0 Å². The minimum absolute atomic E-state index is 0.00185. The summed E-state index contributed by atoms with van der Waals surface area (Å²) in [6, 6.07) is 7.68. The molecule has 0 unspecified atom stereocenters. The van der Waals surface area contributed by atoms with E-state index in [1.54, 1.807) is 0 Å². The maximum atomic E-state index is 12.7. The van der Waals surface area contributed by atoms with Gasteiger partial charge in [0.2, 0.25) is 10.0 Å². The van der Waals surface area contributed by atoms with E-state index < -0.39 is 16.0 Å². The van der Waals surface area contributed by atoms with Crippen LogP contribution in [0.4, 0.5) is 0 Å². The first-order valence-electron chi connectivity index (χ1n) is 7.31. The molecule has 9 heteroatoms. The van der Waals surface area contributed by atoms with E-state index in [9.17, 15) is 13.2 Å². The normalized spacial score (nSPS) is 11.8. The Morgan fingerprint density at radius 2 is 1.75 bits per heavy atom. The van der Waals surface area contributed by atoms with E-state index in [1.807, 2.05) is 35.0 Å². The van der Waals surface area contributed by atoms with Gasteiger partial charge in [0.25, 0.3) is 0 Å². The Morgan fingerprint density at radius 3 is 2.21 bits per heavy atom. The fraction of sp³-hybridized carbons (Fsp3) is 0.400. The molecule has 0 fully saturated rings. The Morgan fingerprint density at radius 1 is 1.17 bits per heavy atom. The van der Waals surface area contributed by atoms with Crippen molar-refractivity contribution in [1.29, 1.82) is 0 Å². The summed E-state index contributed by atoms with van der Waals surface area (Å²) in [6.07, 6.45) is 0. The van der Waals surface area contributed by atoms with Crippen LogP contribution in [0.1, 0.15) is 9.75 Å². The molecule has 0 saturated heterocycles. The number of nitrogens with zero attached hydrogens (tertiary/aromatic N) is 1. The topological polar surface area (TPSA) is 75.7 Å². The highest BCUT2D eigenvalue weighted by Gasteiger charge is 2.23. The fourth-order valence-electron chi connectivity index (χ4n) is 2.00. The van der Waals surface area contributed by atoms with Crippen LogP contribution in [-0.4, -0.2) is 44.6 Å². The van der Waals surface area contributed by atoms with Crippen LogP contribution in [0.5, 0.6) is 0 Å². The molecule has 132 valence electrons. The third kappa shape index (κ3) is 5.99. The zero-order valence-electron chi connectivity index (χ0n) is 13.3. The second-order valence-electron chi connectivity index (χ2n) is 5.00. The van der Waals surface area contributed by atoms with Gasteiger partial charge in [0.05, 0.1) is 19.4 Å². The second kappa shape index (κ2) is 9.28. The Balaban J connectivity index is 1.99. The monoisotopic (exact) mass is 388 g/mol. The summed E-state index contributed by atoms with van der Waals surface area (Å²) in [5.74, 6) is -0.484. The van der Waals surface area contributed by atoms with Crippen molar-refractivity contribution < 1.29 is 17.9 Å². The van der Waals surface area contributed by atoms with Crippen molar-refractivity contribution in [1.82, 2.24) is 9.62 Å². The van der Waals surface area contributed by atoms with Gasteiger partial charge < -0.3 is 10.1 Å². The van der Waals surface area contributed by atoms with E-state index in [4.69, 9.17) is 0 Å². The molecule has 0 aliphatic heterocycles. The molecule has 0 saturated carbocycles. The van der Waals surface area contributed by atoms with Crippen LogP contribution in [0.15, 0.2) is 35.0 Å². The number of nitrogens with one attached hydrogen (secondary N) is 1. The van der Waals surface area contributed by atoms with Gasteiger partial charge in [0.15, 0.2) is 0 Å². The van der Waals surface area contributed by atoms with E-state index in [2.05, 4.69) is 10.1 Å². The molecule has 0 atom stereocenters. The van der Waals surface area contributed by atoms with Gasteiger partial charge in [0.1, 0.15) is 0 Å². The third-order valence-electron chi connectivity index (χ3n) is 3.25. The van der Waals surface area contributed by atoms with E-state index in [-0.39, 0.29) is 18.8 Å². The Bertz CT molecular complexity index is 676. The number of ether oxygens (including phenoxy) is 1. The number of rotatable bonds is 10. The first-order valence-corrected chi connectivity index (χ1v) is 10.7. The average Bonchev–Trinajstić information content (AvgIpc) is 3.24. The molecule has 0 aliphatic carbocycles. The van der Waals surface area contributed by atoms with E-state index in [0.717, 1.165) is 9.75 Å². The van der Waals surface area contributed by atoms with E-state index in [0.29, 0.717) is 13.1 Å². The van der Waals surface area contributed by atoms with Crippen molar-refractivity contribution >= 4 is 38.7 Å². The predicted octanol–water partition coefficient (Wildman–Crippen LogP) is 1.90. The van der Waals surface area contributed by atoms with Gasteiger partial charge in [-0.25, -0.2) is 8.42 Å². The maximum absolute atomic E-state index is 12.7. The summed E-state index contributed by atoms with van der Waals surface area (Å²) >= 11 is 3.07. The van der Waals surface area contributed by atoms with E-state index >= 15 is 0 Å². The summed E-state index contributed by atoms with van der Waals surface area (Å²) in [6.45, 7) is 0.911. The number of carbonyl (C=O) groups excluding carboxylic acids is 1.